The summed E-state index contributed by atoms with van der Waals surface area (Å²) in [6, 6.07) is 8.03. The molecule has 0 fully saturated rings. The fraction of sp³-hybridized carbons (Fsp3) is 0.333. The molecule has 0 saturated carbocycles. The summed E-state index contributed by atoms with van der Waals surface area (Å²) in [4.78, 5) is 7.32. The maximum Gasteiger partial charge on any atom is 0.433 e. The maximum absolute atomic E-state index is 12.5. The van der Waals surface area contributed by atoms with Crippen molar-refractivity contribution in [1.82, 2.24) is 9.97 Å². The summed E-state index contributed by atoms with van der Waals surface area (Å²) in [5.41, 5.74) is -0.926. The quantitative estimate of drug-likeness (QED) is 0.430. The second-order valence-electron chi connectivity index (χ2n) is 4.45. The zero-order chi connectivity index (χ0) is 16.7. The molecular weight excluding hydrogens is 329 g/mol. The molecule has 0 spiro atoms. The van der Waals surface area contributed by atoms with Gasteiger partial charge in [0.1, 0.15) is 17.2 Å². The van der Waals surface area contributed by atoms with Crippen molar-refractivity contribution in [3.05, 3.63) is 42.2 Å². The van der Waals surface area contributed by atoms with Crippen LogP contribution < -0.4 is 9.47 Å². The molecule has 0 aliphatic heterocycles. The first-order chi connectivity index (χ1) is 11.0. The van der Waals surface area contributed by atoms with Gasteiger partial charge in [-0.15, -0.1) is 0 Å². The number of aromatic nitrogens is 2. The average molecular weight is 344 g/mol. The van der Waals surface area contributed by atoms with Crippen molar-refractivity contribution in [1.29, 1.82) is 0 Å². The lowest BCUT2D eigenvalue weighted by Gasteiger charge is -2.08. The van der Waals surface area contributed by atoms with Gasteiger partial charge < -0.3 is 9.47 Å². The van der Waals surface area contributed by atoms with E-state index in [0.29, 0.717) is 24.5 Å². The molecule has 0 radical (unpaired) electrons. The Balaban J connectivity index is 1.73. The number of benzene rings is 1. The molecule has 0 aliphatic rings. The largest absolute Gasteiger partial charge is 0.497 e. The van der Waals surface area contributed by atoms with Gasteiger partial charge in [0.05, 0.1) is 13.7 Å². The average Bonchev–Trinajstić information content (AvgIpc) is 2.54. The van der Waals surface area contributed by atoms with E-state index in [0.717, 1.165) is 18.0 Å². The fourth-order valence-electron chi connectivity index (χ4n) is 1.65. The number of ether oxygens (including phenoxy) is 2. The van der Waals surface area contributed by atoms with E-state index in [1.807, 2.05) is 0 Å². The van der Waals surface area contributed by atoms with Crippen molar-refractivity contribution < 1.29 is 22.6 Å². The lowest BCUT2D eigenvalue weighted by molar-refractivity contribution is -0.141. The molecule has 8 heteroatoms. The molecular formula is C15H15F3N2O2S. The number of rotatable bonds is 7. The Morgan fingerprint density at radius 3 is 2.43 bits per heavy atom. The minimum absolute atomic E-state index is 0.115. The van der Waals surface area contributed by atoms with Gasteiger partial charge in [-0.05, 0) is 36.8 Å². The molecule has 1 heterocycles. The van der Waals surface area contributed by atoms with Gasteiger partial charge in [0, 0.05) is 11.9 Å². The molecule has 1 aromatic carbocycles. The van der Waals surface area contributed by atoms with Crippen LogP contribution in [0.3, 0.4) is 0 Å². The lowest BCUT2D eigenvalue weighted by Crippen LogP contribution is -2.09. The van der Waals surface area contributed by atoms with Crippen LogP contribution in [0.5, 0.6) is 11.5 Å². The van der Waals surface area contributed by atoms with E-state index in [-0.39, 0.29) is 5.16 Å². The molecule has 4 nitrogen and oxygen atoms in total. The van der Waals surface area contributed by atoms with Crippen LogP contribution in [0.2, 0.25) is 0 Å². The van der Waals surface area contributed by atoms with E-state index in [1.165, 1.54) is 11.8 Å². The van der Waals surface area contributed by atoms with Crippen LogP contribution in [0.15, 0.2) is 41.7 Å². The van der Waals surface area contributed by atoms with Gasteiger partial charge in [0.25, 0.3) is 0 Å². The van der Waals surface area contributed by atoms with Crippen LogP contribution in [0.25, 0.3) is 0 Å². The first-order valence-corrected chi connectivity index (χ1v) is 7.77. The topological polar surface area (TPSA) is 44.2 Å². The molecule has 124 valence electrons. The number of hydrogen-bond donors (Lipinski definition) is 0. The Morgan fingerprint density at radius 2 is 1.78 bits per heavy atom. The van der Waals surface area contributed by atoms with Gasteiger partial charge in [0.15, 0.2) is 5.16 Å². The Bertz CT molecular complexity index is 621. The number of alkyl halides is 3. The molecule has 0 aliphatic carbocycles. The molecule has 0 amide bonds. The maximum atomic E-state index is 12.5. The highest BCUT2D eigenvalue weighted by Crippen LogP contribution is 2.28. The number of halogens is 3. The van der Waals surface area contributed by atoms with E-state index in [9.17, 15) is 13.2 Å². The molecule has 0 atom stereocenters. The molecule has 0 bridgehead atoms. The van der Waals surface area contributed by atoms with Crippen LogP contribution in [0.1, 0.15) is 12.1 Å². The molecule has 23 heavy (non-hydrogen) atoms. The Kier molecular flexibility index (Phi) is 6.09. The third kappa shape index (κ3) is 5.63. The zero-order valence-electron chi connectivity index (χ0n) is 12.3. The van der Waals surface area contributed by atoms with Crippen molar-refractivity contribution in [2.75, 3.05) is 19.5 Å². The van der Waals surface area contributed by atoms with Crippen molar-refractivity contribution in [3.8, 4) is 11.5 Å². The molecule has 1 aromatic heterocycles. The van der Waals surface area contributed by atoms with Gasteiger partial charge in [0.2, 0.25) is 0 Å². The van der Waals surface area contributed by atoms with E-state index < -0.39 is 11.9 Å². The summed E-state index contributed by atoms with van der Waals surface area (Å²) in [5, 5.41) is 0.115. The highest BCUT2D eigenvalue weighted by Gasteiger charge is 2.32. The van der Waals surface area contributed by atoms with Crippen LogP contribution in [0, 0.1) is 0 Å². The minimum Gasteiger partial charge on any atom is -0.497 e. The van der Waals surface area contributed by atoms with Gasteiger partial charge in [-0.3, -0.25) is 0 Å². The second-order valence-corrected chi connectivity index (χ2v) is 5.51. The second kappa shape index (κ2) is 8.05. The van der Waals surface area contributed by atoms with Crippen molar-refractivity contribution in [2.45, 2.75) is 17.8 Å². The van der Waals surface area contributed by atoms with Gasteiger partial charge in [-0.25, -0.2) is 9.97 Å². The van der Waals surface area contributed by atoms with Crippen LogP contribution in [-0.4, -0.2) is 29.4 Å². The number of thioether (sulfide) groups is 1. The SMILES string of the molecule is COc1ccc(OCCCSc2nccc(C(F)(F)F)n2)cc1. The summed E-state index contributed by atoms with van der Waals surface area (Å²) < 4.78 is 48.1. The third-order valence-electron chi connectivity index (χ3n) is 2.77. The summed E-state index contributed by atoms with van der Waals surface area (Å²) in [6.07, 6.45) is -2.67. The summed E-state index contributed by atoms with van der Waals surface area (Å²) in [6.45, 7) is 0.457. The molecule has 0 saturated heterocycles. The summed E-state index contributed by atoms with van der Waals surface area (Å²) in [5.74, 6) is 2.03. The number of nitrogens with zero attached hydrogens (tertiary/aromatic N) is 2. The van der Waals surface area contributed by atoms with Gasteiger partial charge in [-0.1, -0.05) is 11.8 Å². The van der Waals surface area contributed by atoms with E-state index >= 15 is 0 Å². The van der Waals surface area contributed by atoms with Crippen LogP contribution in [0.4, 0.5) is 13.2 Å². The Labute approximate surface area is 136 Å². The smallest absolute Gasteiger partial charge is 0.433 e. The third-order valence-corrected chi connectivity index (χ3v) is 3.72. The standard InChI is InChI=1S/C15H15F3N2O2S/c1-21-11-3-5-12(6-4-11)22-9-2-10-23-14-19-8-7-13(20-14)15(16,17)18/h3-8H,2,9-10H2,1H3. The highest BCUT2D eigenvalue weighted by atomic mass is 32.2. The summed E-state index contributed by atoms with van der Waals surface area (Å²) in [7, 11) is 1.59. The van der Waals surface area contributed by atoms with Crippen molar-refractivity contribution >= 4 is 11.8 Å². The van der Waals surface area contributed by atoms with Gasteiger partial charge in [-0.2, -0.15) is 13.2 Å². The first-order valence-electron chi connectivity index (χ1n) is 6.79. The Hall–Kier alpha value is -1.96. The fourth-order valence-corrected chi connectivity index (χ4v) is 2.40. The van der Waals surface area contributed by atoms with Crippen molar-refractivity contribution in [2.24, 2.45) is 0 Å². The van der Waals surface area contributed by atoms with E-state index in [2.05, 4.69) is 9.97 Å². The van der Waals surface area contributed by atoms with Crippen LogP contribution >= 0.6 is 11.8 Å². The molecule has 2 rings (SSSR count). The predicted molar refractivity (Wildman–Crippen MR) is 80.9 cm³/mol. The molecule has 0 N–H and O–H groups in total. The van der Waals surface area contributed by atoms with Crippen molar-refractivity contribution in [3.63, 3.8) is 0 Å². The lowest BCUT2D eigenvalue weighted by atomic mass is 10.3. The van der Waals surface area contributed by atoms with Gasteiger partial charge >= 0.3 is 6.18 Å². The van der Waals surface area contributed by atoms with E-state index in [4.69, 9.17) is 9.47 Å². The van der Waals surface area contributed by atoms with E-state index in [1.54, 1.807) is 31.4 Å². The normalized spacial score (nSPS) is 11.3. The summed E-state index contributed by atoms with van der Waals surface area (Å²) >= 11 is 1.17. The minimum atomic E-state index is -4.45. The monoisotopic (exact) mass is 344 g/mol. The number of hydrogen-bond acceptors (Lipinski definition) is 5. The first kappa shape index (κ1) is 17.4. The molecule has 2 aromatic rings. The Morgan fingerprint density at radius 1 is 1.09 bits per heavy atom. The van der Waals surface area contributed by atoms with Crippen LogP contribution in [-0.2, 0) is 6.18 Å². The predicted octanol–water partition coefficient (Wildman–Crippen LogP) is 4.07. The molecule has 0 unspecified atom stereocenters. The zero-order valence-corrected chi connectivity index (χ0v) is 13.2. The highest BCUT2D eigenvalue weighted by molar-refractivity contribution is 7.99. The number of methoxy groups -OCH3 is 1.